The van der Waals surface area contributed by atoms with Gasteiger partial charge in [0.25, 0.3) is 9.84 Å². The molecule has 20 heavy (non-hydrogen) atoms. The second-order valence-corrected chi connectivity index (χ2v) is 7.17. The monoisotopic (exact) mass is 309 g/mol. The van der Waals surface area contributed by atoms with Gasteiger partial charge in [0.05, 0.1) is 4.90 Å². The number of halogens is 3. The molecule has 0 spiro atoms. The van der Waals surface area contributed by atoms with E-state index < -0.39 is 20.2 Å². The number of sulfone groups is 1. The van der Waals surface area contributed by atoms with Crippen molar-refractivity contribution in [1.29, 1.82) is 0 Å². The van der Waals surface area contributed by atoms with Crippen LogP contribution in [0.1, 0.15) is 33.6 Å². The van der Waals surface area contributed by atoms with Crippen molar-refractivity contribution in [2.45, 2.75) is 49.6 Å². The maximum Gasteiger partial charge on any atom is 0.501 e. The molecule has 0 heterocycles. The van der Waals surface area contributed by atoms with E-state index in [4.69, 9.17) is 0 Å². The third-order valence-corrected chi connectivity index (χ3v) is 4.33. The van der Waals surface area contributed by atoms with E-state index in [1.165, 1.54) is 12.1 Å². The average molecular weight is 309 g/mol. The van der Waals surface area contributed by atoms with E-state index in [-0.39, 0.29) is 5.54 Å². The molecule has 1 rings (SSSR count). The van der Waals surface area contributed by atoms with E-state index >= 15 is 0 Å². The van der Waals surface area contributed by atoms with Crippen LogP contribution < -0.4 is 5.32 Å². The molecule has 7 heteroatoms. The number of nitrogens with one attached hydrogen (secondary N) is 1. The Morgan fingerprint density at radius 2 is 1.60 bits per heavy atom. The van der Waals surface area contributed by atoms with Crippen LogP contribution in [-0.4, -0.2) is 19.5 Å². The number of benzene rings is 1. The van der Waals surface area contributed by atoms with Crippen LogP contribution in [-0.2, 0) is 9.84 Å². The molecule has 0 fully saturated rings. The second kappa shape index (κ2) is 5.63. The largest absolute Gasteiger partial charge is 0.501 e. The van der Waals surface area contributed by atoms with Gasteiger partial charge in [0.2, 0.25) is 0 Å². The van der Waals surface area contributed by atoms with Crippen molar-refractivity contribution in [2.24, 2.45) is 0 Å². The SMILES string of the molecule is CCCC(C)(C)Nc1ccc(S(=O)(=O)C(F)(F)F)cc1. The fourth-order valence-corrected chi connectivity index (χ4v) is 2.69. The molecule has 1 aromatic carbocycles. The van der Waals surface area contributed by atoms with Gasteiger partial charge in [-0.15, -0.1) is 0 Å². The molecule has 0 aliphatic carbocycles. The summed E-state index contributed by atoms with van der Waals surface area (Å²) >= 11 is 0. The van der Waals surface area contributed by atoms with Crippen molar-refractivity contribution in [3.8, 4) is 0 Å². The lowest BCUT2D eigenvalue weighted by Crippen LogP contribution is -2.30. The average Bonchev–Trinajstić information content (AvgIpc) is 2.27. The first-order valence-corrected chi connectivity index (χ1v) is 7.67. The smallest absolute Gasteiger partial charge is 0.380 e. The first kappa shape index (κ1) is 16.8. The van der Waals surface area contributed by atoms with E-state index in [0.29, 0.717) is 5.69 Å². The Morgan fingerprint density at radius 3 is 2.00 bits per heavy atom. The Hall–Kier alpha value is -1.24. The van der Waals surface area contributed by atoms with Crippen LogP contribution in [0.3, 0.4) is 0 Å². The topological polar surface area (TPSA) is 46.2 Å². The van der Waals surface area contributed by atoms with Crippen LogP contribution in [0.15, 0.2) is 29.2 Å². The molecule has 0 bridgehead atoms. The molecule has 3 nitrogen and oxygen atoms in total. The highest BCUT2D eigenvalue weighted by molar-refractivity contribution is 7.92. The van der Waals surface area contributed by atoms with Crippen molar-refractivity contribution in [1.82, 2.24) is 0 Å². The third kappa shape index (κ3) is 3.88. The highest BCUT2D eigenvalue weighted by Crippen LogP contribution is 2.31. The zero-order valence-corrected chi connectivity index (χ0v) is 12.4. The van der Waals surface area contributed by atoms with Gasteiger partial charge in [-0.1, -0.05) is 13.3 Å². The fraction of sp³-hybridized carbons (Fsp3) is 0.538. The summed E-state index contributed by atoms with van der Waals surface area (Å²) in [5.74, 6) is 0. The van der Waals surface area contributed by atoms with Crippen molar-refractivity contribution in [2.75, 3.05) is 5.32 Å². The number of anilines is 1. The predicted octanol–water partition coefficient (Wildman–Crippen LogP) is 3.97. The molecule has 1 aromatic rings. The van der Waals surface area contributed by atoms with Gasteiger partial charge in [0, 0.05) is 11.2 Å². The molecule has 0 saturated carbocycles. The maximum absolute atomic E-state index is 12.4. The molecule has 0 atom stereocenters. The second-order valence-electron chi connectivity index (χ2n) is 5.23. The molecule has 0 aliphatic heterocycles. The van der Waals surface area contributed by atoms with Crippen LogP contribution in [0, 0.1) is 0 Å². The zero-order valence-electron chi connectivity index (χ0n) is 11.6. The Bertz CT molecular complexity index is 548. The van der Waals surface area contributed by atoms with Crippen LogP contribution in [0.25, 0.3) is 0 Å². The van der Waals surface area contributed by atoms with Crippen LogP contribution in [0.4, 0.5) is 18.9 Å². The summed E-state index contributed by atoms with van der Waals surface area (Å²) in [6.45, 7) is 5.97. The number of hydrogen-bond acceptors (Lipinski definition) is 3. The Kier molecular flexibility index (Phi) is 4.74. The predicted molar refractivity (Wildman–Crippen MR) is 72.3 cm³/mol. The van der Waals surface area contributed by atoms with Crippen molar-refractivity contribution < 1.29 is 21.6 Å². The molecule has 0 radical (unpaired) electrons. The summed E-state index contributed by atoms with van der Waals surface area (Å²) in [6.07, 6.45) is 1.84. The number of alkyl halides is 3. The summed E-state index contributed by atoms with van der Waals surface area (Å²) in [6, 6.07) is 4.62. The zero-order chi connectivity index (χ0) is 15.6. The Labute approximate surface area is 117 Å². The van der Waals surface area contributed by atoms with Gasteiger partial charge in [0.1, 0.15) is 0 Å². The van der Waals surface area contributed by atoms with E-state index in [1.54, 1.807) is 0 Å². The Morgan fingerprint density at radius 1 is 1.10 bits per heavy atom. The van der Waals surface area contributed by atoms with Gasteiger partial charge < -0.3 is 5.32 Å². The van der Waals surface area contributed by atoms with Crippen LogP contribution >= 0.6 is 0 Å². The molecule has 0 saturated heterocycles. The van der Waals surface area contributed by atoms with Gasteiger partial charge in [-0.3, -0.25) is 0 Å². The first-order chi connectivity index (χ1) is 8.99. The number of rotatable bonds is 5. The van der Waals surface area contributed by atoms with Gasteiger partial charge in [-0.25, -0.2) is 8.42 Å². The normalized spacial score (nSPS) is 13.3. The first-order valence-electron chi connectivity index (χ1n) is 6.19. The summed E-state index contributed by atoms with van der Waals surface area (Å²) in [7, 11) is -5.27. The lowest BCUT2D eigenvalue weighted by atomic mass is 9.98. The molecule has 1 N–H and O–H groups in total. The highest BCUT2D eigenvalue weighted by Gasteiger charge is 2.46. The summed E-state index contributed by atoms with van der Waals surface area (Å²) in [5.41, 5.74) is -4.90. The quantitative estimate of drug-likeness (QED) is 0.895. The summed E-state index contributed by atoms with van der Waals surface area (Å²) < 4.78 is 59.6. The van der Waals surface area contributed by atoms with Gasteiger partial charge in [-0.05, 0) is 44.5 Å². The standard InChI is InChI=1S/C13H18F3NO2S/c1-4-9-12(2,3)17-10-5-7-11(8-6-10)20(18,19)13(14,15)16/h5-8,17H,4,9H2,1-3H3. The van der Waals surface area contributed by atoms with Gasteiger partial charge >= 0.3 is 5.51 Å². The lowest BCUT2D eigenvalue weighted by Gasteiger charge is -2.27. The van der Waals surface area contributed by atoms with Gasteiger partial charge in [0.15, 0.2) is 0 Å². The van der Waals surface area contributed by atoms with Crippen molar-refractivity contribution in [3.63, 3.8) is 0 Å². The van der Waals surface area contributed by atoms with Crippen LogP contribution in [0.2, 0.25) is 0 Å². The third-order valence-electron chi connectivity index (χ3n) is 2.83. The van der Waals surface area contributed by atoms with E-state index in [9.17, 15) is 21.6 Å². The van der Waals surface area contributed by atoms with Gasteiger partial charge in [-0.2, -0.15) is 13.2 Å². The minimum Gasteiger partial charge on any atom is -0.380 e. The van der Waals surface area contributed by atoms with E-state index in [2.05, 4.69) is 5.32 Å². The molecular formula is C13H18F3NO2S. The molecule has 114 valence electrons. The van der Waals surface area contributed by atoms with Crippen molar-refractivity contribution >= 4 is 15.5 Å². The molecule has 0 aromatic heterocycles. The minimum absolute atomic E-state index is 0.209. The summed E-state index contributed by atoms with van der Waals surface area (Å²) in [4.78, 5) is -0.746. The Balaban J connectivity index is 2.96. The molecule has 0 unspecified atom stereocenters. The molecular weight excluding hydrogens is 291 g/mol. The minimum atomic E-state index is -5.27. The van der Waals surface area contributed by atoms with E-state index in [1.807, 2.05) is 20.8 Å². The van der Waals surface area contributed by atoms with Crippen molar-refractivity contribution in [3.05, 3.63) is 24.3 Å². The van der Waals surface area contributed by atoms with E-state index in [0.717, 1.165) is 25.0 Å². The maximum atomic E-state index is 12.4. The lowest BCUT2D eigenvalue weighted by molar-refractivity contribution is -0.0436. The fourth-order valence-electron chi connectivity index (χ4n) is 1.93. The van der Waals surface area contributed by atoms with Crippen LogP contribution in [0.5, 0.6) is 0 Å². The summed E-state index contributed by atoms with van der Waals surface area (Å²) in [5, 5.41) is 3.16. The number of hydrogen-bond donors (Lipinski definition) is 1. The molecule has 0 amide bonds. The highest BCUT2D eigenvalue weighted by atomic mass is 32.2. The molecule has 0 aliphatic rings.